The highest BCUT2D eigenvalue weighted by atomic mass is 79.9. The van der Waals surface area contributed by atoms with Crippen LogP contribution in [0.15, 0.2) is 50.3 Å². The zero-order chi connectivity index (χ0) is 14.7. The number of pyridine rings is 1. The van der Waals surface area contributed by atoms with E-state index in [1.165, 1.54) is 0 Å². The Kier molecular flexibility index (Phi) is 3.78. The van der Waals surface area contributed by atoms with Gasteiger partial charge >= 0.3 is 0 Å². The number of nitrogens with zero attached hydrogens (tertiary/aromatic N) is 3. The minimum absolute atomic E-state index is 0.115. The zero-order valence-electron chi connectivity index (χ0n) is 10.6. The molecule has 0 atom stereocenters. The Balaban J connectivity index is 1.64. The van der Waals surface area contributed by atoms with Crippen LogP contribution < -0.4 is 5.32 Å². The van der Waals surface area contributed by atoms with Crippen LogP contribution in [-0.2, 0) is 6.54 Å². The second-order valence-corrected chi connectivity index (χ2v) is 4.82. The van der Waals surface area contributed by atoms with Crippen molar-refractivity contribution in [2.75, 3.05) is 0 Å². The average molecular weight is 349 g/mol. The molecule has 7 nitrogen and oxygen atoms in total. The standard InChI is InChI=1S/C13H9BrN4O3/c14-10-4-3-9(20-10)13(19)16-7-11-17-12(18-21-11)8-2-1-5-15-6-8/h1-6H,7H2,(H,16,19). The van der Waals surface area contributed by atoms with Crippen molar-refractivity contribution in [2.24, 2.45) is 0 Å². The Morgan fingerprint density at radius 1 is 1.33 bits per heavy atom. The maximum atomic E-state index is 11.8. The largest absolute Gasteiger partial charge is 0.444 e. The van der Waals surface area contributed by atoms with Crippen molar-refractivity contribution in [1.29, 1.82) is 0 Å². The predicted molar refractivity (Wildman–Crippen MR) is 75.1 cm³/mol. The normalized spacial score (nSPS) is 10.5. The van der Waals surface area contributed by atoms with E-state index in [9.17, 15) is 4.79 Å². The van der Waals surface area contributed by atoms with Crippen LogP contribution in [0.25, 0.3) is 11.4 Å². The third-order valence-electron chi connectivity index (χ3n) is 2.58. The van der Waals surface area contributed by atoms with Gasteiger partial charge < -0.3 is 14.3 Å². The quantitative estimate of drug-likeness (QED) is 0.777. The van der Waals surface area contributed by atoms with Crippen LogP contribution in [0.5, 0.6) is 0 Å². The Morgan fingerprint density at radius 2 is 2.24 bits per heavy atom. The summed E-state index contributed by atoms with van der Waals surface area (Å²) in [5.74, 6) is 0.566. The van der Waals surface area contributed by atoms with Gasteiger partial charge in [0.15, 0.2) is 10.4 Å². The molecule has 0 aliphatic heterocycles. The Morgan fingerprint density at radius 3 is 2.95 bits per heavy atom. The predicted octanol–water partition coefficient (Wildman–Crippen LogP) is 2.42. The molecule has 0 saturated carbocycles. The number of hydrogen-bond acceptors (Lipinski definition) is 6. The van der Waals surface area contributed by atoms with E-state index in [-0.39, 0.29) is 18.2 Å². The van der Waals surface area contributed by atoms with Gasteiger partial charge in [-0.1, -0.05) is 5.16 Å². The van der Waals surface area contributed by atoms with Gasteiger partial charge in [0, 0.05) is 18.0 Å². The number of aromatic nitrogens is 3. The maximum absolute atomic E-state index is 11.8. The van der Waals surface area contributed by atoms with Crippen molar-refractivity contribution < 1.29 is 13.7 Å². The summed E-state index contributed by atoms with van der Waals surface area (Å²) in [6, 6.07) is 6.80. The third kappa shape index (κ3) is 3.16. The van der Waals surface area contributed by atoms with Crippen molar-refractivity contribution in [2.45, 2.75) is 6.54 Å². The molecule has 21 heavy (non-hydrogen) atoms. The molecule has 106 valence electrons. The molecular formula is C13H9BrN4O3. The van der Waals surface area contributed by atoms with E-state index in [1.807, 2.05) is 6.07 Å². The van der Waals surface area contributed by atoms with Gasteiger partial charge in [-0.15, -0.1) is 0 Å². The molecule has 0 aliphatic rings. The molecule has 3 aromatic rings. The maximum Gasteiger partial charge on any atom is 0.287 e. The van der Waals surface area contributed by atoms with Crippen LogP contribution in [0.1, 0.15) is 16.4 Å². The topological polar surface area (TPSA) is 94.1 Å². The lowest BCUT2D eigenvalue weighted by atomic mass is 10.3. The van der Waals surface area contributed by atoms with Gasteiger partial charge in [0.2, 0.25) is 11.7 Å². The number of carbonyl (C=O) groups is 1. The first-order valence-electron chi connectivity index (χ1n) is 5.99. The Bertz CT molecular complexity index is 754. The van der Waals surface area contributed by atoms with Gasteiger partial charge in [0.1, 0.15) is 0 Å². The van der Waals surface area contributed by atoms with Crippen molar-refractivity contribution in [3.8, 4) is 11.4 Å². The van der Waals surface area contributed by atoms with Crippen LogP contribution in [-0.4, -0.2) is 21.0 Å². The molecular weight excluding hydrogens is 340 g/mol. The van der Waals surface area contributed by atoms with Crippen LogP contribution >= 0.6 is 15.9 Å². The fraction of sp³-hybridized carbons (Fsp3) is 0.0769. The van der Waals surface area contributed by atoms with Gasteiger partial charge in [-0.3, -0.25) is 9.78 Å². The van der Waals surface area contributed by atoms with Crippen LogP contribution in [0, 0.1) is 0 Å². The highest BCUT2D eigenvalue weighted by molar-refractivity contribution is 9.10. The number of furan rings is 1. The van der Waals surface area contributed by atoms with E-state index in [0.29, 0.717) is 16.4 Å². The van der Waals surface area contributed by atoms with Crippen molar-refractivity contribution in [3.63, 3.8) is 0 Å². The van der Waals surface area contributed by atoms with Gasteiger partial charge in [0.25, 0.3) is 5.91 Å². The number of halogens is 1. The Labute approximate surface area is 127 Å². The van der Waals surface area contributed by atoms with Crippen molar-refractivity contribution in [3.05, 3.63) is 53.0 Å². The van der Waals surface area contributed by atoms with Crippen LogP contribution in [0.2, 0.25) is 0 Å². The summed E-state index contributed by atoms with van der Waals surface area (Å²) in [4.78, 5) is 19.9. The van der Waals surface area contributed by atoms with Gasteiger partial charge in [0.05, 0.1) is 6.54 Å². The highest BCUT2D eigenvalue weighted by Gasteiger charge is 2.13. The smallest absolute Gasteiger partial charge is 0.287 e. The number of carbonyl (C=O) groups excluding carboxylic acids is 1. The molecule has 0 saturated heterocycles. The summed E-state index contributed by atoms with van der Waals surface area (Å²) in [7, 11) is 0. The third-order valence-corrected chi connectivity index (χ3v) is 3.01. The van der Waals surface area contributed by atoms with Gasteiger partial charge in [-0.05, 0) is 40.2 Å². The van der Waals surface area contributed by atoms with Crippen LogP contribution in [0.3, 0.4) is 0 Å². The Hall–Kier alpha value is -2.48. The fourth-order valence-corrected chi connectivity index (χ4v) is 1.92. The molecule has 3 heterocycles. The second-order valence-electron chi connectivity index (χ2n) is 4.04. The second kappa shape index (κ2) is 5.88. The first-order valence-corrected chi connectivity index (χ1v) is 6.78. The lowest BCUT2D eigenvalue weighted by Gasteiger charge is -1.98. The van der Waals surface area contributed by atoms with Crippen molar-refractivity contribution >= 4 is 21.8 Å². The number of nitrogens with one attached hydrogen (secondary N) is 1. The summed E-state index contributed by atoms with van der Waals surface area (Å²) in [5, 5.41) is 6.46. The fourth-order valence-electron chi connectivity index (χ4n) is 1.62. The molecule has 0 aromatic carbocycles. The van der Waals surface area contributed by atoms with Gasteiger partial charge in [-0.2, -0.15) is 4.98 Å². The SMILES string of the molecule is O=C(NCc1nc(-c2cccnc2)no1)c1ccc(Br)o1. The van der Waals surface area contributed by atoms with E-state index < -0.39 is 0 Å². The molecule has 0 bridgehead atoms. The summed E-state index contributed by atoms with van der Waals surface area (Å²) in [5.41, 5.74) is 0.744. The number of rotatable bonds is 4. The van der Waals surface area contributed by atoms with E-state index in [2.05, 4.69) is 36.4 Å². The molecule has 0 radical (unpaired) electrons. The number of hydrogen-bond donors (Lipinski definition) is 1. The highest BCUT2D eigenvalue weighted by Crippen LogP contribution is 2.15. The lowest BCUT2D eigenvalue weighted by molar-refractivity contribution is 0.0917. The summed E-state index contributed by atoms with van der Waals surface area (Å²) in [6.45, 7) is 0.115. The molecule has 0 spiro atoms. The lowest BCUT2D eigenvalue weighted by Crippen LogP contribution is -2.22. The average Bonchev–Trinajstić information content (AvgIpc) is 3.15. The molecule has 1 amide bonds. The molecule has 3 rings (SSSR count). The molecule has 1 N–H and O–H groups in total. The summed E-state index contributed by atoms with van der Waals surface area (Å²) < 4.78 is 10.7. The first-order chi connectivity index (χ1) is 10.2. The molecule has 0 aliphatic carbocycles. The minimum Gasteiger partial charge on any atom is -0.444 e. The number of amides is 1. The monoisotopic (exact) mass is 348 g/mol. The van der Waals surface area contributed by atoms with E-state index in [1.54, 1.807) is 30.6 Å². The van der Waals surface area contributed by atoms with Crippen LogP contribution in [0.4, 0.5) is 0 Å². The van der Waals surface area contributed by atoms with E-state index in [4.69, 9.17) is 8.94 Å². The van der Waals surface area contributed by atoms with Crippen molar-refractivity contribution in [1.82, 2.24) is 20.4 Å². The molecule has 0 fully saturated rings. The van der Waals surface area contributed by atoms with E-state index in [0.717, 1.165) is 5.56 Å². The first kappa shape index (κ1) is 13.5. The molecule has 0 unspecified atom stereocenters. The summed E-state index contributed by atoms with van der Waals surface area (Å²) >= 11 is 3.13. The molecule has 3 aromatic heterocycles. The summed E-state index contributed by atoms with van der Waals surface area (Å²) in [6.07, 6.45) is 3.29. The van der Waals surface area contributed by atoms with E-state index >= 15 is 0 Å². The minimum atomic E-state index is -0.359. The van der Waals surface area contributed by atoms with Gasteiger partial charge in [-0.25, -0.2) is 0 Å². The molecule has 8 heteroatoms. The zero-order valence-corrected chi connectivity index (χ0v) is 12.2.